The standard InChI is InChI=1S/C66H98N14O8S2/c1-17-79(18-2)35-21-31-67-57-73-59(69-33-29-43-37-49(63(5,6)7)55(81)50(38-43)64(8,9)10)77-61(75-57)71-47-27-25-45(53(41-47)89(83,84)85)23-24-46-26-28-48(42-54(46)90(86,87)88)72-62-76-58(68-32-22-36-80(19-3)20-4)74-60(78-62)70-34-30-44-39-51(65(11,12)13)56(82)52(40-44)66(14,15)16/h23-28,37-42,81-82H,17-22,29-36H2,1-16H3,(H,83,84,85)(H,86,87,88)(H3,67,69,71,73,75,77)(H3,68,70,72,74,76,78)/b24-23+. The lowest BCUT2D eigenvalue weighted by Gasteiger charge is -2.28. The number of nitrogens with one attached hydrogen (secondary N) is 6. The number of nitrogens with zero attached hydrogens (tertiary/aromatic N) is 8. The third-order valence-corrected chi connectivity index (χ3v) is 17.2. The van der Waals surface area contributed by atoms with Gasteiger partial charge in [-0.3, -0.25) is 9.11 Å². The molecule has 492 valence electrons. The molecule has 6 rings (SSSR count). The van der Waals surface area contributed by atoms with E-state index in [1.807, 2.05) is 24.3 Å². The van der Waals surface area contributed by atoms with Crippen LogP contribution in [0.1, 0.15) is 168 Å². The lowest BCUT2D eigenvalue weighted by atomic mass is 9.78. The molecule has 6 aromatic rings. The van der Waals surface area contributed by atoms with Crippen molar-refractivity contribution in [1.29, 1.82) is 0 Å². The second-order valence-electron chi connectivity index (χ2n) is 26.7. The second-order valence-corrected chi connectivity index (χ2v) is 29.5. The molecule has 0 radical (unpaired) electrons. The minimum atomic E-state index is -4.91. The van der Waals surface area contributed by atoms with E-state index in [1.54, 1.807) is 12.1 Å². The Morgan fingerprint density at radius 1 is 0.422 bits per heavy atom. The van der Waals surface area contributed by atoms with Crippen LogP contribution >= 0.6 is 0 Å². The number of hydrogen-bond donors (Lipinski definition) is 10. The van der Waals surface area contributed by atoms with E-state index >= 15 is 0 Å². The van der Waals surface area contributed by atoms with Crippen LogP contribution in [0.15, 0.2) is 70.5 Å². The van der Waals surface area contributed by atoms with Gasteiger partial charge in [-0.15, -0.1) is 0 Å². The molecule has 0 spiro atoms. The van der Waals surface area contributed by atoms with Gasteiger partial charge in [0.15, 0.2) is 0 Å². The van der Waals surface area contributed by atoms with Crippen molar-refractivity contribution in [3.63, 3.8) is 0 Å². The second kappa shape index (κ2) is 30.3. The number of aromatic nitrogens is 6. The molecule has 0 aliphatic carbocycles. The summed E-state index contributed by atoms with van der Waals surface area (Å²) in [4.78, 5) is 31.4. The summed E-state index contributed by atoms with van der Waals surface area (Å²) in [6, 6.07) is 16.5. The normalized spacial score (nSPS) is 12.7. The van der Waals surface area contributed by atoms with Crippen molar-refractivity contribution in [2.45, 2.75) is 168 Å². The molecule has 0 bridgehead atoms. The molecule has 10 N–H and O–H groups in total. The first kappa shape index (κ1) is 71.9. The number of anilines is 8. The summed E-state index contributed by atoms with van der Waals surface area (Å²) < 4.78 is 73.6. The number of hydrogen-bond acceptors (Lipinski definition) is 20. The molecule has 22 nitrogen and oxygen atoms in total. The van der Waals surface area contributed by atoms with E-state index in [2.05, 4.69) is 182 Å². The van der Waals surface area contributed by atoms with Gasteiger partial charge in [0.2, 0.25) is 35.7 Å². The van der Waals surface area contributed by atoms with Crippen molar-refractivity contribution in [2.75, 3.05) is 97.3 Å². The van der Waals surface area contributed by atoms with Gasteiger partial charge in [-0.25, -0.2) is 0 Å². The Hall–Kier alpha value is -7.22. The third kappa shape index (κ3) is 20.7. The fraction of sp³-hybridized carbons (Fsp3) is 0.515. The number of benzene rings is 4. The molecule has 0 amide bonds. The van der Waals surface area contributed by atoms with Crippen LogP contribution < -0.4 is 31.9 Å². The van der Waals surface area contributed by atoms with Gasteiger partial charge in [-0.2, -0.15) is 46.7 Å². The van der Waals surface area contributed by atoms with Crippen LogP contribution in [0.3, 0.4) is 0 Å². The summed E-state index contributed by atoms with van der Waals surface area (Å²) in [5, 5.41) is 42.0. The quantitative estimate of drug-likeness (QED) is 0.0114. The van der Waals surface area contributed by atoms with Crippen LogP contribution in [0.4, 0.5) is 47.1 Å². The van der Waals surface area contributed by atoms with E-state index in [0.717, 1.165) is 85.5 Å². The topological polar surface area (TPSA) is 305 Å². The molecule has 0 fully saturated rings. The number of aromatic hydroxyl groups is 2. The Morgan fingerprint density at radius 2 is 0.700 bits per heavy atom. The maximum atomic E-state index is 13.1. The van der Waals surface area contributed by atoms with Gasteiger partial charge in [0, 0.05) is 37.6 Å². The first-order valence-electron chi connectivity index (χ1n) is 31.1. The average molecular weight is 1280 g/mol. The highest BCUT2D eigenvalue weighted by molar-refractivity contribution is 7.86. The van der Waals surface area contributed by atoms with E-state index in [-0.39, 0.29) is 79.9 Å². The molecule has 0 aliphatic rings. The maximum Gasteiger partial charge on any atom is 0.295 e. The Bertz CT molecular complexity index is 3370. The monoisotopic (exact) mass is 1280 g/mol. The van der Waals surface area contributed by atoms with Crippen LogP contribution in [0, 0.1) is 0 Å². The summed E-state index contributed by atoms with van der Waals surface area (Å²) in [5.74, 6) is 1.77. The van der Waals surface area contributed by atoms with Gasteiger partial charge in [-0.05, 0) is 155 Å². The van der Waals surface area contributed by atoms with Crippen LogP contribution in [0.5, 0.6) is 11.5 Å². The van der Waals surface area contributed by atoms with Crippen molar-refractivity contribution < 1.29 is 36.2 Å². The van der Waals surface area contributed by atoms with Gasteiger partial charge >= 0.3 is 0 Å². The molecule has 4 aromatic carbocycles. The zero-order chi connectivity index (χ0) is 66.6. The molecule has 90 heavy (non-hydrogen) atoms. The number of phenols is 2. The maximum absolute atomic E-state index is 13.1. The average Bonchev–Trinajstić information content (AvgIpc) is 0.896. The van der Waals surface area contributed by atoms with Crippen LogP contribution in [0.2, 0.25) is 0 Å². The SMILES string of the molecule is CCN(CC)CCCNc1nc(NCCc2cc(C(C)(C)C)c(O)c(C(C)(C)C)c2)nc(Nc2ccc(/C=C/c3ccc(Nc4nc(NCCCN(CC)CC)nc(NCCc5cc(C(C)(C)C)c(O)c(C(C)(C)C)c5)n4)cc3S(=O)(=O)O)c(S(=O)(=O)O)c2)n1. The molecule has 24 heteroatoms. The van der Waals surface area contributed by atoms with E-state index in [9.17, 15) is 36.2 Å². The highest BCUT2D eigenvalue weighted by atomic mass is 32.2. The summed E-state index contributed by atoms with van der Waals surface area (Å²) >= 11 is 0. The number of rotatable bonds is 30. The highest BCUT2D eigenvalue weighted by Crippen LogP contribution is 2.42. The molecular formula is C66H98N14O8S2. The highest BCUT2D eigenvalue weighted by Gasteiger charge is 2.29. The van der Waals surface area contributed by atoms with Crippen molar-refractivity contribution in [2.24, 2.45) is 0 Å². The Balaban J connectivity index is 1.26. The molecule has 0 atom stereocenters. The molecule has 0 saturated carbocycles. The minimum Gasteiger partial charge on any atom is -0.507 e. The van der Waals surface area contributed by atoms with Crippen molar-refractivity contribution in [3.8, 4) is 11.5 Å². The zero-order valence-electron chi connectivity index (χ0n) is 55.6. The summed E-state index contributed by atoms with van der Waals surface area (Å²) in [5.41, 5.74) is 4.64. The predicted octanol–water partition coefficient (Wildman–Crippen LogP) is 12.4. The lowest BCUT2D eigenvalue weighted by molar-refractivity contribution is 0.303. The van der Waals surface area contributed by atoms with E-state index in [4.69, 9.17) is 0 Å². The summed E-state index contributed by atoms with van der Waals surface area (Å²) in [6.07, 6.45) is 5.39. The zero-order valence-corrected chi connectivity index (χ0v) is 57.3. The fourth-order valence-electron chi connectivity index (χ4n) is 10.3. The van der Waals surface area contributed by atoms with E-state index in [1.165, 1.54) is 36.4 Å². The van der Waals surface area contributed by atoms with E-state index in [0.29, 0.717) is 50.5 Å². The van der Waals surface area contributed by atoms with Crippen molar-refractivity contribution in [1.82, 2.24) is 39.7 Å². The Kier molecular flexibility index (Phi) is 24.2. The van der Waals surface area contributed by atoms with Crippen LogP contribution in [-0.2, 0) is 54.7 Å². The van der Waals surface area contributed by atoms with Gasteiger partial charge in [0.25, 0.3) is 20.2 Å². The first-order chi connectivity index (χ1) is 42.0. The molecule has 0 saturated heterocycles. The molecule has 2 aromatic heterocycles. The van der Waals surface area contributed by atoms with Gasteiger partial charge in [0.05, 0.1) is 0 Å². The lowest BCUT2D eigenvalue weighted by Crippen LogP contribution is -2.25. The van der Waals surface area contributed by atoms with Gasteiger partial charge in [0.1, 0.15) is 21.3 Å². The molecular weight excluding hydrogens is 1180 g/mol. The summed E-state index contributed by atoms with van der Waals surface area (Å²) in [7, 11) is -9.81. The summed E-state index contributed by atoms with van der Waals surface area (Å²) in [6.45, 7) is 40.7. The Morgan fingerprint density at radius 3 is 0.967 bits per heavy atom. The van der Waals surface area contributed by atoms with Gasteiger partial charge in [-0.1, -0.05) is 159 Å². The fourth-order valence-corrected chi connectivity index (χ4v) is 11.7. The molecule has 0 aliphatic heterocycles. The largest absolute Gasteiger partial charge is 0.507 e. The molecule has 0 unspecified atom stereocenters. The minimum absolute atomic E-state index is 0.00407. The van der Waals surface area contributed by atoms with Gasteiger partial charge < -0.3 is 51.9 Å². The molecule has 2 heterocycles. The van der Waals surface area contributed by atoms with Crippen molar-refractivity contribution in [3.05, 3.63) is 105 Å². The predicted molar refractivity (Wildman–Crippen MR) is 365 cm³/mol. The Labute approximate surface area is 534 Å². The van der Waals surface area contributed by atoms with Crippen LogP contribution in [0.25, 0.3) is 12.2 Å². The number of phenolic OH excluding ortho intramolecular Hbond substituents is 2. The van der Waals surface area contributed by atoms with Crippen LogP contribution in [-0.4, -0.2) is 141 Å². The van der Waals surface area contributed by atoms with E-state index < -0.39 is 30.0 Å². The van der Waals surface area contributed by atoms with Crippen molar-refractivity contribution >= 4 is 79.5 Å². The smallest absolute Gasteiger partial charge is 0.295 e. The third-order valence-electron chi connectivity index (χ3n) is 15.4. The first-order valence-corrected chi connectivity index (χ1v) is 34.0.